The molecule has 0 amide bonds. The summed E-state index contributed by atoms with van der Waals surface area (Å²) in [7, 11) is -3.83. The lowest BCUT2D eigenvalue weighted by Crippen LogP contribution is -2.15. The van der Waals surface area contributed by atoms with Crippen LogP contribution in [0.3, 0.4) is 0 Å². The minimum Gasteiger partial charge on any atom is -0.398 e. The SMILES string of the molecule is Cc1cc(N)c(Cl)cc1NS(=O)(=O)c1ccc(F)cc1C. The van der Waals surface area contributed by atoms with Crippen molar-refractivity contribution in [3.05, 3.63) is 52.3 Å². The van der Waals surface area contributed by atoms with Gasteiger partial charge in [-0.1, -0.05) is 11.6 Å². The largest absolute Gasteiger partial charge is 0.398 e. The Labute approximate surface area is 127 Å². The van der Waals surface area contributed by atoms with Gasteiger partial charge < -0.3 is 5.73 Å². The van der Waals surface area contributed by atoms with E-state index < -0.39 is 15.8 Å². The fraction of sp³-hybridized carbons (Fsp3) is 0.143. The zero-order chi connectivity index (χ0) is 15.8. The second-order valence-corrected chi connectivity index (χ2v) is 6.76. The van der Waals surface area contributed by atoms with E-state index in [9.17, 15) is 12.8 Å². The van der Waals surface area contributed by atoms with Gasteiger partial charge in [0.15, 0.2) is 0 Å². The Balaban J connectivity index is 2.45. The van der Waals surface area contributed by atoms with Gasteiger partial charge in [0.25, 0.3) is 10.0 Å². The van der Waals surface area contributed by atoms with E-state index in [4.69, 9.17) is 17.3 Å². The predicted molar refractivity (Wildman–Crippen MR) is 82.5 cm³/mol. The minimum atomic E-state index is -3.83. The fourth-order valence-corrected chi connectivity index (χ4v) is 3.44. The molecule has 0 fully saturated rings. The standard InChI is InChI=1S/C14H14ClFN2O2S/c1-8-6-12(17)11(15)7-13(8)18-21(19,20)14-4-3-10(16)5-9(14)2/h3-7,18H,17H2,1-2H3. The van der Waals surface area contributed by atoms with Crippen LogP contribution in [0.15, 0.2) is 35.2 Å². The van der Waals surface area contributed by atoms with E-state index in [1.165, 1.54) is 19.1 Å². The molecule has 0 aliphatic rings. The smallest absolute Gasteiger partial charge is 0.262 e. The molecule has 0 atom stereocenters. The molecule has 0 bridgehead atoms. The Morgan fingerprint density at radius 1 is 1.14 bits per heavy atom. The number of rotatable bonds is 3. The van der Waals surface area contributed by atoms with Crippen molar-refractivity contribution >= 4 is 33.0 Å². The average molecular weight is 329 g/mol. The molecule has 0 heterocycles. The molecule has 0 unspecified atom stereocenters. The third-order valence-corrected chi connectivity index (χ3v) is 4.87. The Morgan fingerprint density at radius 3 is 2.43 bits per heavy atom. The molecular formula is C14H14ClFN2O2S. The van der Waals surface area contributed by atoms with Crippen LogP contribution in [0, 0.1) is 19.7 Å². The van der Waals surface area contributed by atoms with Gasteiger partial charge in [0.2, 0.25) is 0 Å². The lowest BCUT2D eigenvalue weighted by Gasteiger charge is -2.13. The molecule has 0 spiro atoms. The molecule has 0 aromatic heterocycles. The fourth-order valence-electron chi connectivity index (χ4n) is 1.93. The maximum absolute atomic E-state index is 13.1. The highest BCUT2D eigenvalue weighted by molar-refractivity contribution is 7.92. The van der Waals surface area contributed by atoms with Crippen LogP contribution >= 0.6 is 11.6 Å². The van der Waals surface area contributed by atoms with E-state index in [0.717, 1.165) is 12.1 Å². The van der Waals surface area contributed by atoms with Crippen molar-refractivity contribution in [1.82, 2.24) is 0 Å². The van der Waals surface area contributed by atoms with Crippen LogP contribution < -0.4 is 10.5 Å². The van der Waals surface area contributed by atoms with Crippen molar-refractivity contribution in [3.63, 3.8) is 0 Å². The van der Waals surface area contributed by atoms with Crippen molar-refractivity contribution in [1.29, 1.82) is 0 Å². The number of nitrogens with two attached hydrogens (primary N) is 1. The molecule has 112 valence electrons. The molecule has 7 heteroatoms. The van der Waals surface area contributed by atoms with Crippen LogP contribution in [0.25, 0.3) is 0 Å². The Kier molecular flexibility index (Phi) is 4.11. The zero-order valence-corrected chi connectivity index (χ0v) is 13.0. The van der Waals surface area contributed by atoms with Crippen molar-refractivity contribution in [2.75, 3.05) is 10.5 Å². The van der Waals surface area contributed by atoms with E-state index in [0.29, 0.717) is 22.5 Å². The number of hydrogen-bond acceptors (Lipinski definition) is 3. The third-order valence-electron chi connectivity index (χ3n) is 3.01. The second kappa shape index (κ2) is 5.54. The first-order valence-electron chi connectivity index (χ1n) is 6.05. The summed E-state index contributed by atoms with van der Waals surface area (Å²) in [4.78, 5) is 0.0104. The molecular weight excluding hydrogens is 315 g/mol. The summed E-state index contributed by atoms with van der Waals surface area (Å²) in [6.45, 7) is 3.24. The predicted octanol–water partition coefficient (Wildman–Crippen LogP) is 3.48. The van der Waals surface area contributed by atoms with Crippen molar-refractivity contribution in [2.24, 2.45) is 0 Å². The number of anilines is 2. The molecule has 0 aliphatic heterocycles. The summed E-state index contributed by atoms with van der Waals surface area (Å²) < 4.78 is 40.3. The van der Waals surface area contributed by atoms with Crippen molar-refractivity contribution in [3.8, 4) is 0 Å². The topological polar surface area (TPSA) is 72.2 Å². The van der Waals surface area contributed by atoms with Crippen molar-refractivity contribution < 1.29 is 12.8 Å². The third kappa shape index (κ3) is 3.28. The van der Waals surface area contributed by atoms with Crippen LogP contribution in [0.1, 0.15) is 11.1 Å². The van der Waals surface area contributed by atoms with Crippen LogP contribution in [-0.2, 0) is 10.0 Å². The number of hydrogen-bond donors (Lipinski definition) is 2. The van der Waals surface area contributed by atoms with E-state index in [-0.39, 0.29) is 9.92 Å². The maximum atomic E-state index is 13.1. The van der Waals surface area contributed by atoms with Gasteiger partial charge >= 0.3 is 0 Å². The summed E-state index contributed by atoms with van der Waals surface area (Å²) in [5, 5.41) is 0.258. The highest BCUT2D eigenvalue weighted by atomic mass is 35.5. The molecule has 4 nitrogen and oxygen atoms in total. The van der Waals surface area contributed by atoms with Gasteiger partial charge in [0.05, 0.1) is 21.3 Å². The molecule has 0 aliphatic carbocycles. The Bertz CT molecular complexity index is 807. The summed E-state index contributed by atoms with van der Waals surface area (Å²) in [5.41, 5.74) is 7.32. The van der Waals surface area contributed by atoms with Crippen LogP contribution in [0.2, 0.25) is 5.02 Å². The summed E-state index contributed by atoms with van der Waals surface area (Å²) in [5.74, 6) is -0.488. The zero-order valence-electron chi connectivity index (χ0n) is 11.4. The van der Waals surface area contributed by atoms with Crippen LogP contribution in [0.4, 0.5) is 15.8 Å². The minimum absolute atomic E-state index is 0.0104. The normalized spacial score (nSPS) is 11.4. The highest BCUT2D eigenvalue weighted by Crippen LogP contribution is 2.29. The lowest BCUT2D eigenvalue weighted by molar-refractivity contribution is 0.598. The average Bonchev–Trinajstić information content (AvgIpc) is 2.35. The van der Waals surface area contributed by atoms with Gasteiger partial charge in [-0.2, -0.15) is 0 Å². The lowest BCUT2D eigenvalue weighted by atomic mass is 10.2. The number of nitrogen functional groups attached to an aromatic ring is 1. The number of halogens is 2. The van der Waals surface area contributed by atoms with E-state index in [1.54, 1.807) is 13.0 Å². The molecule has 2 aromatic carbocycles. The number of aryl methyl sites for hydroxylation is 2. The van der Waals surface area contributed by atoms with Crippen LogP contribution in [0.5, 0.6) is 0 Å². The van der Waals surface area contributed by atoms with Crippen molar-refractivity contribution in [2.45, 2.75) is 18.7 Å². The maximum Gasteiger partial charge on any atom is 0.262 e. The Morgan fingerprint density at radius 2 is 1.81 bits per heavy atom. The van der Waals surface area contributed by atoms with E-state index >= 15 is 0 Å². The summed E-state index contributed by atoms with van der Waals surface area (Å²) in [6, 6.07) is 6.52. The quantitative estimate of drug-likeness (QED) is 0.847. The van der Waals surface area contributed by atoms with E-state index in [1.807, 2.05) is 0 Å². The monoisotopic (exact) mass is 328 g/mol. The van der Waals surface area contributed by atoms with E-state index in [2.05, 4.69) is 4.72 Å². The van der Waals surface area contributed by atoms with Gasteiger partial charge in [-0.15, -0.1) is 0 Å². The molecule has 0 saturated carbocycles. The first kappa shape index (κ1) is 15.6. The number of benzene rings is 2. The van der Waals surface area contributed by atoms with Gasteiger partial charge in [-0.05, 0) is 55.3 Å². The summed E-state index contributed by atoms with van der Waals surface area (Å²) >= 11 is 5.90. The van der Waals surface area contributed by atoms with Crippen LogP contribution in [-0.4, -0.2) is 8.42 Å². The molecule has 21 heavy (non-hydrogen) atoms. The number of sulfonamides is 1. The van der Waals surface area contributed by atoms with Gasteiger partial charge in [0, 0.05) is 0 Å². The molecule has 2 aromatic rings. The first-order chi connectivity index (χ1) is 9.70. The van der Waals surface area contributed by atoms with Gasteiger partial charge in [-0.3, -0.25) is 4.72 Å². The highest BCUT2D eigenvalue weighted by Gasteiger charge is 2.18. The Hall–Kier alpha value is -1.79. The molecule has 3 N–H and O–H groups in total. The summed E-state index contributed by atoms with van der Waals surface area (Å²) in [6.07, 6.45) is 0. The van der Waals surface area contributed by atoms with Gasteiger partial charge in [0.1, 0.15) is 5.82 Å². The van der Waals surface area contributed by atoms with Gasteiger partial charge in [-0.25, -0.2) is 12.8 Å². The number of nitrogens with one attached hydrogen (secondary N) is 1. The second-order valence-electron chi connectivity index (χ2n) is 4.70. The first-order valence-corrected chi connectivity index (χ1v) is 7.91. The molecule has 0 radical (unpaired) electrons. The molecule has 2 rings (SSSR count). The molecule has 0 saturated heterocycles.